The van der Waals surface area contributed by atoms with Crippen LogP contribution in [0, 0.1) is 11.8 Å². The predicted molar refractivity (Wildman–Crippen MR) is 72.4 cm³/mol. The van der Waals surface area contributed by atoms with Crippen LogP contribution in [0.1, 0.15) is 15.9 Å². The Morgan fingerprint density at radius 2 is 2.30 bits per heavy atom. The summed E-state index contributed by atoms with van der Waals surface area (Å²) in [6, 6.07) is 4.75. The van der Waals surface area contributed by atoms with Crippen molar-refractivity contribution in [3.63, 3.8) is 0 Å². The molecule has 20 heavy (non-hydrogen) atoms. The van der Waals surface area contributed by atoms with Gasteiger partial charge in [0.05, 0.1) is 12.1 Å². The van der Waals surface area contributed by atoms with Crippen LogP contribution in [0.5, 0.6) is 0 Å². The Hall–Kier alpha value is -3.23. The number of aromatic amines is 1. The lowest BCUT2D eigenvalue weighted by Crippen LogP contribution is -2.15. The normalized spacial score (nSPS) is 9.40. The molecule has 0 spiro atoms. The van der Waals surface area contributed by atoms with Gasteiger partial charge in [0.2, 0.25) is 5.43 Å². The highest BCUT2D eigenvalue weighted by molar-refractivity contribution is 5.92. The van der Waals surface area contributed by atoms with Crippen LogP contribution < -0.4 is 5.43 Å². The Morgan fingerprint density at radius 3 is 3.00 bits per heavy atom. The topological polar surface area (TPSA) is 119 Å². The standard InChI is InChI=1S/C13H8N4O3/c14-17-16-5-1-2-8-3-4-9-11(6-8)15-7-10(12(9)18)13(19)20/h3-4,6-7H,5H2,(H,15,18)(H,19,20). The van der Waals surface area contributed by atoms with Crippen LogP contribution in [0.15, 0.2) is 34.3 Å². The fourth-order valence-corrected chi connectivity index (χ4v) is 1.67. The molecule has 1 aromatic heterocycles. The van der Waals surface area contributed by atoms with E-state index in [0.29, 0.717) is 11.1 Å². The lowest BCUT2D eigenvalue weighted by Gasteiger charge is -2.00. The molecule has 7 heteroatoms. The number of carbonyl (C=O) groups is 1. The summed E-state index contributed by atoms with van der Waals surface area (Å²) in [7, 11) is 0. The Morgan fingerprint density at radius 1 is 1.50 bits per heavy atom. The van der Waals surface area contributed by atoms with Gasteiger partial charge in [-0.1, -0.05) is 17.0 Å². The Balaban J connectivity index is 2.48. The van der Waals surface area contributed by atoms with E-state index in [1.807, 2.05) is 0 Å². The summed E-state index contributed by atoms with van der Waals surface area (Å²) in [5.41, 5.74) is 8.39. The van der Waals surface area contributed by atoms with E-state index in [1.165, 1.54) is 6.07 Å². The fraction of sp³-hybridized carbons (Fsp3) is 0.0769. The Kier molecular flexibility index (Phi) is 3.70. The smallest absolute Gasteiger partial charge is 0.341 e. The molecule has 2 N–H and O–H groups in total. The predicted octanol–water partition coefficient (Wildman–Crippen LogP) is 1.89. The maximum atomic E-state index is 11.9. The number of rotatable bonds is 2. The fourth-order valence-electron chi connectivity index (χ4n) is 1.67. The molecule has 0 amide bonds. The molecule has 2 rings (SSSR count). The number of fused-ring (bicyclic) bond motifs is 1. The summed E-state index contributed by atoms with van der Waals surface area (Å²) in [4.78, 5) is 28.1. The molecule has 98 valence electrons. The number of H-pyrrole nitrogens is 1. The van der Waals surface area contributed by atoms with Gasteiger partial charge < -0.3 is 10.1 Å². The lowest BCUT2D eigenvalue weighted by atomic mass is 10.1. The maximum absolute atomic E-state index is 11.9. The van der Waals surface area contributed by atoms with E-state index in [9.17, 15) is 9.59 Å². The second-order valence-corrected chi connectivity index (χ2v) is 3.79. The van der Waals surface area contributed by atoms with Crippen molar-refractivity contribution in [3.8, 4) is 11.8 Å². The second kappa shape index (κ2) is 5.61. The quantitative estimate of drug-likeness (QED) is 0.374. The molecule has 2 aromatic rings. The summed E-state index contributed by atoms with van der Waals surface area (Å²) in [5.74, 6) is 4.16. The van der Waals surface area contributed by atoms with E-state index in [4.69, 9.17) is 10.6 Å². The van der Waals surface area contributed by atoms with Crippen molar-refractivity contribution in [3.05, 3.63) is 56.2 Å². The van der Waals surface area contributed by atoms with Crippen molar-refractivity contribution in [2.24, 2.45) is 5.11 Å². The number of carboxylic acid groups (broad SMARTS) is 1. The van der Waals surface area contributed by atoms with Gasteiger partial charge in [0.1, 0.15) is 5.56 Å². The van der Waals surface area contributed by atoms with Gasteiger partial charge in [-0.15, -0.1) is 0 Å². The van der Waals surface area contributed by atoms with Crippen LogP contribution in [0.2, 0.25) is 0 Å². The molecule has 0 radical (unpaired) electrons. The molecule has 0 aliphatic carbocycles. The number of aromatic carboxylic acids is 1. The van der Waals surface area contributed by atoms with E-state index in [0.717, 1.165) is 6.20 Å². The van der Waals surface area contributed by atoms with Gasteiger partial charge in [0.25, 0.3) is 0 Å². The van der Waals surface area contributed by atoms with Gasteiger partial charge >= 0.3 is 5.97 Å². The molecule has 7 nitrogen and oxygen atoms in total. The first-order chi connectivity index (χ1) is 9.63. The molecular formula is C13H8N4O3. The van der Waals surface area contributed by atoms with Gasteiger partial charge in [0.15, 0.2) is 0 Å². The summed E-state index contributed by atoms with van der Waals surface area (Å²) in [6.45, 7) is 0.0585. The molecule has 1 aromatic carbocycles. The average Bonchev–Trinajstić information content (AvgIpc) is 2.43. The highest BCUT2D eigenvalue weighted by Crippen LogP contribution is 2.10. The number of carboxylic acids is 1. The first-order valence-corrected chi connectivity index (χ1v) is 5.52. The van der Waals surface area contributed by atoms with Crippen LogP contribution in [0.4, 0.5) is 0 Å². The molecule has 0 saturated carbocycles. The molecule has 0 aliphatic rings. The van der Waals surface area contributed by atoms with E-state index < -0.39 is 11.4 Å². The van der Waals surface area contributed by atoms with E-state index in [1.54, 1.807) is 12.1 Å². The number of nitrogens with one attached hydrogen (secondary N) is 1. The second-order valence-electron chi connectivity index (χ2n) is 3.79. The third kappa shape index (κ3) is 2.61. The van der Waals surface area contributed by atoms with Gasteiger partial charge in [-0.05, 0) is 23.7 Å². The summed E-state index contributed by atoms with van der Waals surface area (Å²) < 4.78 is 0. The van der Waals surface area contributed by atoms with Gasteiger partial charge in [-0.2, -0.15) is 0 Å². The third-order valence-electron chi connectivity index (χ3n) is 2.56. The summed E-state index contributed by atoms with van der Waals surface area (Å²) in [5, 5.41) is 12.4. The molecule has 0 fully saturated rings. The first kappa shape index (κ1) is 13.2. The van der Waals surface area contributed by atoms with Crippen molar-refractivity contribution >= 4 is 16.9 Å². The van der Waals surface area contributed by atoms with Crippen LogP contribution in [-0.4, -0.2) is 22.6 Å². The summed E-state index contributed by atoms with van der Waals surface area (Å²) in [6.07, 6.45) is 1.16. The highest BCUT2D eigenvalue weighted by Gasteiger charge is 2.11. The number of pyridine rings is 1. The minimum absolute atomic E-state index is 0.0585. The van der Waals surface area contributed by atoms with Crippen LogP contribution in [0.25, 0.3) is 21.3 Å². The molecule has 0 unspecified atom stereocenters. The number of nitrogens with zero attached hydrogens (tertiary/aromatic N) is 3. The Bertz CT molecular complexity index is 851. The zero-order valence-corrected chi connectivity index (χ0v) is 10.1. The van der Waals surface area contributed by atoms with Crippen molar-refractivity contribution in [1.82, 2.24) is 4.98 Å². The number of hydrogen-bond acceptors (Lipinski definition) is 3. The Labute approximate surface area is 112 Å². The van der Waals surface area contributed by atoms with Crippen molar-refractivity contribution in [2.45, 2.75) is 0 Å². The molecule has 0 saturated heterocycles. The monoisotopic (exact) mass is 268 g/mol. The average molecular weight is 268 g/mol. The molecule has 0 aliphatic heterocycles. The van der Waals surface area contributed by atoms with Crippen molar-refractivity contribution in [2.75, 3.05) is 6.54 Å². The zero-order valence-electron chi connectivity index (χ0n) is 10.1. The number of hydrogen-bond donors (Lipinski definition) is 2. The van der Waals surface area contributed by atoms with Crippen LogP contribution in [0.3, 0.4) is 0 Å². The largest absolute Gasteiger partial charge is 0.477 e. The minimum atomic E-state index is -1.27. The van der Waals surface area contributed by atoms with Crippen LogP contribution in [-0.2, 0) is 0 Å². The molecule has 0 atom stereocenters. The van der Waals surface area contributed by atoms with Gasteiger partial charge in [-0.3, -0.25) is 4.79 Å². The lowest BCUT2D eigenvalue weighted by molar-refractivity contribution is 0.0695. The van der Waals surface area contributed by atoms with Gasteiger partial charge in [0, 0.05) is 22.1 Å². The van der Waals surface area contributed by atoms with Crippen molar-refractivity contribution < 1.29 is 9.90 Å². The number of azide groups is 1. The minimum Gasteiger partial charge on any atom is -0.477 e. The molecular weight excluding hydrogens is 260 g/mol. The first-order valence-electron chi connectivity index (χ1n) is 5.52. The highest BCUT2D eigenvalue weighted by atomic mass is 16.4. The van der Waals surface area contributed by atoms with Gasteiger partial charge in [-0.25, -0.2) is 4.79 Å². The number of aromatic nitrogens is 1. The molecule has 1 heterocycles. The summed E-state index contributed by atoms with van der Waals surface area (Å²) >= 11 is 0. The maximum Gasteiger partial charge on any atom is 0.341 e. The van der Waals surface area contributed by atoms with E-state index >= 15 is 0 Å². The SMILES string of the molecule is [N-]=[N+]=NCC#Cc1ccc2c(=O)c(C(=O)O)c[nH]c2c1. The number of benzene rings is 1. The zero-order chi connectivity index (χ0) is 14.5. The van der Waals surface area contributed by atoms with E-state index in [2.05, 4.69) is 26.9 Å². The van der Waals surface area contributed by atoms with E-state index in [-0.39, 0.29) is 17.5 Å². The third-order valence-corrected chi connectivity index (χ3v) is 2.56. The van der Waals surface area contributed by atoms with Crippen molar-refractivity contribution in [1.29, 1.82) is 0 Å². The molecule has 0 bridgehead atoms. The van der Waals surface area contributed by atoms with Crippen LogP contribution >= 0.6 is 0 Å².